The Morgan fingerprint density at radius 1 is 1.03 bits per heavy atom. The summed E-state index contributed by atoms with van der Waals surface area (Å²) in [5.41, 5.74) is -0.553. The first kappa shape index (κ1) is 30.4. The van der Waals surface area contributed by atoms with Crippen molar-refractivity contribution in [2.24, 2.45) is 11.8 Å². The van der Waals surface area contributed by atoms with Gasteiger partial charge in [0.05, 0.1) is 28.9 Å². The minimum Gasteiger partial charge on any atom is -0.464 e. The molecule has 0 saturated carbocycles. The second-order valence-electron chi connectivity index (χ2n) is 10.0. The predicted octanol–water partition coefficient (Wildman–Crippen LogP) is 3.86. The molecule has 0 aliphatic carbocycles. The first-order valence-electron chi connectivity index (χ1n) is 12.4. The summed E-state index contributed by atoms with van der Waals surface area (Å²) in [6.45, 7) is 8.26. The Labute approximate surface area is 222 Å². The van der Waals surface area contributed by atoms with E-state index in [0.717, 1.165) is 10.5 Å². The highest BCUT2D eigenvalue weighted by Crippen LogP contribution is 2.31. The summed E-state index contributed by atoms with van der Waals surface area (Å²) < 4.78 is 10.7. The van der Waals surface area contributed by atoms with Crippen molar-refractivity contribution in [3.8, 4) is 0 Å². The summed E-state index contributed by atoms with van der Waals surface area (Å²) in [7, 11) is 1.31. The van der Waals surface area contributed by atoms with Crippen molar-refractivity contribution in [1.82, 2.24) is 4.90 Å². The monoisotopic (exact) mass is 528 g/mol. The van der Waals surface area contributed by atoms with Crippen molar-refractivity contribution in [2.75, 3.05) is 13.7 Å². The lowest BCUT2D eigenvalue weighted by atomic mass is 9.85. The van der Waals surface area contributed by atoms with E-state index in [2.05, 4.69) is 0 Å². The number of esters is 2. The minimum atomic E-state index is -1.76. The second kappa shape index (κ2) is 13.1. The van der Waals surface area contributed by atoms with Gasteiger partial charge < -0.3 is 19.5 Å². The molecule has 0 aromatic heterocycles. The van der Waals surface area contributed by atoms with Crippen LogP contribution in [0.1, 0.15) is 51.8 Å². The van der Waals surface area contributed by atoms with Gasteiger partial charge in [-0.25, -0.2) is 4.79 Å². The molecule has 10 nitrogen and oxygen atoms in total. The molecule has 4 atom stereocenters. The number of nitrogens with zero attached hydrogens (tertiary/aromatic N) is 2. The Kier molecular flexibility index (Phi) is 10.5. The molecule has 38 heavy (non-hydrogen) atoms. The van der Waals surface area contributed by atoms with Crippen molar-refractivity contribution in [1.29, 1.82) is 0 Å². The van der Waals surface area contributed by atoms with E-state index in [1.807, 2.05) is 18.2 Å². The molecule has 1 amide bonds. The fraction of sp³-hybridized carbons (Fsp3) is 0.464. The second-order valence-corrected chi connectivity index (χ2v) is 10.0. The molecule has 0 spiro atoms. The van der Waals surface area contributed by atoms with Gasteiger partial charge in [-0.15, -0.1) is 0 Å². The molecule has 0 aliphatic heterocycles. The van der Waals surface area contributed by atoms with Gasteiger partial charge in [0.15, 0.2) is 6.04 Å². The largest absolute Gasteiger partial charge is 0.464 e. The average Bonchev–Trinajstić information content (AvgIpc) is 2.86. The van der Waals surface area contributed by atoms with Crippen molar-refractivity contribution in [3.63, 3.8) is 0 Å². The number of para-hydroxylation sites is 1. The number of carbonyl (C=O) groups excluding carboxylic acids is 3. The molecule has 0 heterocycles. The highest BCUT2D eigenvalue weighted by atomic mass is 16.6. The molecule has 3 unspecified atom stereocenters. The molecule has 2 aromatic rings. The number of rotatable bonds is 11. The van der Waals surface area contributed by atoms with Crippen LogP contribution in [0.4, 0.5) is 5.69 Å². The van der Waals surface area contributed by atoms with E-state index in [1.165, 1.54) is 31.3 Å². The number of benzene rings is 2. The SMILES string of the molecule is CCOC(=O)C(C(O)c1ccccc1[N+](=O)[O-])N(C)C(=O)[C@H](Cc1ccccc1)C(C)C(=O)OC(C)(C)C. The van der Waals surface area contributed by atoms with Crippen LogP contribution in [0.3, 0.4) is 0 Å². The van der Waals surface area contributed by atoms with E-state index in [-0.39, 0.29) is 18.6 Å². The van der Waals surface area contributed by atoms with Gasteiger partial charge in [-0.05, 0) is 45.7 Å². The Hall–Kier alpha value is -3.79. The number of aliphatic hydroxyl groups excluding tert-OH is 1. The number of likely N-dealkylation sites (N-methyl/N-ethyl adjacent to an activating group) is 1. The number of aliphatic hydroxyl groups is 1. The molecule has 206 valence electrons. The number of nitro benzene ring substituents is 1. The van der Waals surface area contributed by atoms with Crippen LogP contribution in [-0.2, 0) is 30.3 Å². The number of ether oxygens (including phenoxy) is 2. The number of carbonyl (C=O) groups is 3. The topological polar surface area (TPSA) is 136 Å². The van der Waals surface area contributed by atoms with Crippen LogP contribution in [0.2, 0.25) is 0 Å². The van der Waals surface area contributed by atoms with Gasteiger partial charge in [-0.3, -0.25) is 19.7 Å². The summed E-state index contributed by atoms with van der Waals surface area (Å²) in [6, 6.07) is 12.9. The fourth-order valence-corrected chi connectivity index (χ4v) is 4.10. The lowest BCUT2D eigenvalue weighted by Crippen LogP contribution is -2.51. The van der Waals surface area contributed by atoms with Gasteiger partial charge in [-0.2, -0.15) is 0 Å². The maximum Gasteiger partial charge on any atom is 0.331 e. The van der Waals surface area contributed by atoms with Crippen molar-refractivity contribution in [2.45, 2.75) is 58.8 Å². The molecular weight excluding hydrogens is 492 g/mol. The minimum absolute atomic E-state index is 0.0390. The number of nitro groups is 1. The average molecular weight is 529 g/mol. The predicted molar refractivity (Wildman–Crippen MR) is 140 cm³/mol. The number of hydrogen-bond acceptors (Lipinski definition) is 8. The van der Waals surface area contributed by atoms with Gasteiger partial charge >= 0.3 is 11.9 Å². The van der Waals surface area contributed by atoms with Crippen LogP contribution in [0.25, 0.3) is 0 Å². The summed E-state index contributed by atoms with van der Waals surface area (Å²) in [5.74, 6) is -4.02. The molecule has 0 aliphatic rings. The molecule has 0 fully saturated rings. The van der Waals surface area contributed by atoms with E-state index >= 15 is 0 Å². The zero-order valence-corrected chi connectivity index (χ0v) is 22.6. The Balaban J connectivity index is 2.52. The molecular formula is C28H36N2O8. The van der Waals surface area contributed by atoms with Crippen molar-refractivity contribution in [3.05, 3.63) is 75.8 Å². The third kappa shape index (κ3) is 7.85. The third-order valence-electron chi connectivity index (χ3n) is 6.04. The number of amides is 1. The molecule has 0 bridgehead atoms. The lowest BCUT2D eigenvalue weighted by molar-refractivity contribution is -0.386. The Morgan fingerprint density at radius 3 is 2.16 bits per heavy atom. The van der Waals surface area contributed by atoms with Crippen molar-refractivity contribution >= 4 is 23.5 Å². The Bertz CT molecular complexity index is 1130. The first-order chi connectivity index (χ1) is 17.8. The van der Waals surface area contributed by atoms with Crippen LogP contribution < -0.4 is 0 Å². The van der Waals surface area contributed by atoms with Crippen molar-refractivity contribution < 1.29 is 33.9 Å². The van der Waals surface area contributed by atoms with Gasteiger partial charge in [0.2, 0.25) is 5.91 Å². The number of hydrogen-bond donors (Lipinski definition) is 1. The molecule has 0 saturated heterocycles. The van der Waals surface area contributed by atoms with Crippen LogP contribution >= 0.6 is 0 Å². The maximum absolute atomic E-state index is 13.9. The Morgan fingerprint density at radius 2 is 1.61 bits per heavy atom. The normalized spacial score (nSPS) is 14.5. The highest BCUT2D eigenvalue weighted by molar-refractivity contribution is 5.89. The first-order valence-corrected chi connectivity index (χ1v) is 12.4. The van der Waals surface area contributed by atoms with E-state index in [1.54, 1.807) is 46.8 Å². The van der Waals surface area contributed by atoms with Gasteiger partial charge in [0, 0.05) is 13.1 Å². The van der Waals surface area contributed by atoms with Crippen LogP contribution in [0, 0.1) is 22.0 Å². The zero-order valence-electron chi connectivity index (χ0n) is 22.6. The highest BCUT2D eigenvalue weighted by Gasteiger charge is 2.42. The van der Waals surface area contributed by atoms with Gasteiger partial charge in [0.25, 0.3) is 5.69 Å². The van der Waals surface area contributed by atoms with E-state index in [0.29, 0.717) is 0 Å². The summed E-state index contributed by atoms with van der Waals surface area (Å²) in [4.78, 5) is 51.9. The molecule has 2 aromatic carbocycles. The standard InChI is InChI=1S/C28H36N2O8/c1-7-37-27(34)23(24(31)20-15-11-12-16-22(20)30(35)36)29(6)25(32)21(17-19-13-9-8-10-14-19)18(2)26(33)38-28(3,4)5/h8-16,18,21,23-24,31H,7,17H2,1-6H3/t18?,21-,23?,24?/m1/s1. The van der Waals surface area contributed by atoms with E-state index in [9.17, 15) is 29.6 Å². The molecule has 10 heteroatoms. The maximum atomic E-state index is 13.9. The molecule has 1 N–H and O–H groups in total. The summed E-state index contributed by atoms with van der Waals surface area (Å²) in [6.07, 6.45) is -1.61. The molecule has 2 rings (SSSR count). The molecule has 0 radical (unpaired) electrons. The van der Waals surface area contributed by atoms with Gasteiger partial charge in [-0.1, -0.05) is 49.4 Å². The lowest BCUT2D eigenvalue weighted by Gasteiger charge is -2.34. The van der Waals surface area contributed by atoms with Crippen LogP contribution in [0.5, 0.6) is 0 Å². The summed E-state index contributed by atoms with van der Waals surface area (Å²) in [5, 5.41) is 22.8. The van der Waals surface area contributed by atoms with Gasteiger partial charge in [0.1, 0.15) is 11.7 Å². The third-order valence-corrected chi connectivity index (χ3v) is 6.04. The van der Waals surface area contributed by atoms with Crippen LogP contribution in [0.15, 0.2) is 54.6 Å². The van der Waals surface area contributed by atoms with Crippen LogP contribution in [-0.4, -0.2) is 58.1 Å². The smallest absolute Gasteiger partial charge is 0.331 e. The van der Waals surface area contributed by atoms with E-state index in [4.69, 9.17) is 9.47 Å². The quantitative estimate of drug-likeness (QED) is 0.264. The summed E-state index contributed by atoms with van der Waals surface area (Å²) >= 11 is 0. The van der Waals surface area contributed by atoms with E-state index < -0.39 is 58.0 Å². The zero-order chi connectivity index (χ0) is 28.6. The fourth-order valence-electron chi connectivity index (χ4n) is 4.10.